The molecule has 6 nitrogen and oxygen atoms in total. The van der Waals surface area contributed by atoms with Gasteiger partial charge in [-0.15, -0.1) is 11.3 Å². The Morgan fingerprint density at radius 1 is 1.08 bits per heavy atom. The summed E-state index contributed by atoms with van der Waals surface area (Å²) in [5, 5.41) is 0. The van der Waals surface area contributed by atoms with Crippen LogP contribution in [0.5, 0.6) is 0 Å². The maximum absolute atomic E-state index is 13.6. The van der Waals surface area contributed by atoms with Gasteiger partial charge in [-0.25, -0.2) is 26.2 Å². The molecule has 0 unspecified atom stereocenters. The SMILES string of the molecule is Cc1ccc(S(=O)(=O)Nc2ccc3nc(S(C)(=O)=O)sc3c2)cc1F. The Morgan fingerprint density at radius 2 is 1.80 bits per heavy atom. The molecular weight excluding hydrogens is 387 g/mol. The van der Waals surface area contributed by atoms with Crippen molar-refractivity contribution in [3.63, 3.8) is 0 Å². The second-order valence-electron chi connectivity index (χ2n) is 5.45. The second kappa shape index (κ2) is 6.04. The van der Waals surface area contributed by atoms with Crippen molar-refractivity contribution < 1.29 is 21.2 Å². The molecule has 0 radical (unpaired) electrons. The maximum Gasteiger partial charge on any atom is 0.261 e. The largest absolute Gasteiger partial charge is 0.280 e. The first-order valence-corrected chi connectivity index (χ1v) is 11.1. The molecule has 0 spiro atoms. The van der Waals surface area contributed by atoms with E-state index < -0.39 is 25.7 Å². The summed E-state index contributed by atoms with van der Waals surface area (Å²) in [6.45, 7) is 1.54. The molecule has 0 amide bonds. The van der Waals surface area contributed by atoms with E-state index in [0.717, 1.165) is 23.7 Å². The van der Waals surface area contributed by atoms with E-state index in [1.165, 1.54) is 37.3 Å². The smallest absolute Gasteiger partial charge is 0.261 e. The van der Waals surface area contributed by atoms with E-state index in [1.54, 1.807) is 0 Å². The molecule has 0 saturated heterocycles. The van der Waals surface area contributed by atoms with Crippen molar-refractivity contribution in [1.82, 2.24) is 4.98 Å². The summed E-state index contributed by atoms with van der Waals surface area (Å²) in [5.41, 5.74) is 1.03. The van der Waals surface area contributed by atoms with E-state index in [2.05, 4.69) is 9.71 Å². The van der Waals surface area contributed by atoms with Crippen molar-refractivity contribution in [2.75, 3.05) is 11.0 Å². The highest BCUT2D eigenvalue weighted by molar-refractivity contribution is 7.93. The van der Waals surface area contributed by atoms with Crippen molar-refractivity contribution >= 4 is 47.1 Å². The average Bonchev–Trinajstić information content (AvgIpc) is 2.93. The Labute approximate surface area is 148 Å². The van der Waals surface area contributed by atoms with Gasteiger partial charge < -0.3 is 0 Å². The Bertz CT molecular complexity index is 1180. The van der Waals surface area contributed by atoms with Crippen LogP contribution in [0.15, 0.2) is 45.6 Å². The second-order valence-corrected chi connectivity index (χ2v) is 10.4. The molecule has 0 bridgehead atoms. The summed E-state index contributed by atoms with van der Waals surface area (Å²) in [4.78, 5) is 3.81. The van der Waals surface area contributed by atoms with E-state index in [9.17, 15) is 21.2 Å². The van der Waals surface area contributed by atoms with Crippen LogP contribution in [0, 0.1) is 12.7 Å². The first-order valence-electron chi connectivity index (χ1n) is 6.96. The van der Waals surface area contributed by atoms with E-state index in [0.29, 0.717) is 15.8 Å². The average molecular weight is 400 g/mol. The van der Waals surface area contributed by atoms with Gasteiger partial charge in [0.15, 0.2) is 0 Å². The Hall–Kier alpha value is -2.04. The predicted octanol–water partition coefficient (Wildman–Crippen LogP) is 2.95. The lowest BCUT2D eigenvalue weighted by Gasteiger charge is -2.08. The van der Waals surface area contributed by atoms with Crippen LogP contribution in [-0.4, -0.2) is 28.1 Å². The highest BCUT2D eigenvalue weighted by Crippen LogP contribution is 2.29. The maximum atomic E-state index is 13.6. The van der Waals surface area contributed by atoms with Gasteiger partial charge in [0.1, 0.15) is 5.82 Å². The van der Waals surface area contributed by atoms with E-state index in [4.69, 9.17) is 0 Å². The minimum atomic E-state index is -3.97. The lowest BCUT2D eigenvalue weighted by molar-refractivity contribution is 0.593. The first kappa shape index (κ1) is 17.8. The van der Waals surface area contributed by atoms with Gasteiger partial charge in [-0.3, -0.25) is 4.72 Å². The topological polar surface area (TPSA) is 93.2 Å². The van der Waals surface area contributed by atoms with E-state index >= 15 is 0 Å². The Morgan fingerprint density at radius 3 is 2.44 bits per heavy atom. The van der Waals surface area contributed by atoms with Crippen molar-refractivity contribution in [3.05, 3.63) is 47.8 Å². The third-order valence-corrected chi connectivity index (χ3v) is 7.47. The van der Waals surface area contributed by atoms with Gasteiger partial charge in [-0.2, -0.15) is 0 Å². The highest BCUT2D eigenvalue weighted by atomic mass is 32.2. The van der Waals surface area contributed by atoms with E-state index in [1.807, 2.05) is 0 Å². The fourth-order valence-corrected chi connectivity index (χ4v) is 5.02. The number of nitrogens with one attached hydrogen (secondary N) is 1. The van der Waals surface area contributed by atoms with Crippen LogP contribution in [0.4, 0.5) is 10.1 Å². The van der Waals surface area contributed by atoms with Gasteiger partial charge in [-0.1, -0.05) is 6.07 Å². The molecule has 0 aliphatic heterocycles. The van der Waals surface area contributed by atoms with Gasteiger partial charge in [-0.05, 0) is 42.8 Å². The standard InChI is InChI=1S/C15H13FN2O4S3/c1-9-3-5-11(8-12(9)16)25(21,22)18-10-4-6-13-14(7-10)23-15(17-13)24(2,19)20/h3-8,18H,1-2H3. The summed E-state index contributed by atoms with van der Waals surface area (Å²) in [6, 6.07) is 8.13. The molecule has 0 aliphatic carbocycles. The van der Waals surface area contributed by atoms with Crippen LogP contribution in [0.3, 0.4) is 0 Å². The number of sulfone groups is 1. The molecule has 2 aromatic carbocycles. The third kappa shape index (κ3) is 3.65. The number of fused-ring (bicyclic) bond motifs is 1. The molecule has 1 N–H and O–H groups in total. The minimum Gasteiger partial charge on any atom is -0.280 e. The molecule has 25 heavy (non-hydrogen) atoms. The van der Waals surface area contributed by atoms with Gasteiger partial charge in [0, 0.05) is 6.26 Å². The monoisotopic (exact) mass is 400 g/mol. The molecule has 132 valence electrons. The molecule has 10 heteroatoms. The number of halogens is 1. The fraction of sp³-hybridized carbons (Fsp3) is 0.133. The normalized spacial score (nSPS) is 12.4. The lowest BCUT2D eigenvalue weighted by atomic mass is 10.2. The van der Waals surface area contributed by atoms with Gasteiger partial charge >= 0.3 is 0 Å². The number of thiazole rings is 1. The number of hydrogen-bond acceptors (Lipinski definition) is 6. The number of sulfonamides is 1. The van der Waals surface area contributed by atoms with Crippen LogP contribution in [0.25, 0.3) is 10.2 Å². The Balaban J connectivity index is 1.97. The molecule has 0 fully saturated rings. The number of aromatic nitrogens is 1. The zero-order valence-electron chi connectivity index (χ0n) is 13.1. The molecule has 0 saturated carbocycles. The summed E-state index contributed by atoms with van der Waals surface area (Å²) in [6.07, 6.45) is 1.06. The van der Waals surface area contributed by atoms with Crippen molar-refractivity contribution in [2.24, 2.45) is 0 Å². The molecule has 3 rings (SSSR count). The number of nitrogens with zero attached hydrogens (tertiary/aromatic N) is 1. The van der Waals surface area contributed by atoms with Crippen molar-refractivity contribution in [1.29, 1.82) is 0 Å². The van der Waals surface area contributed by atoms with Crippen molar-refractivity contribution in [3.8, 4) is 0 Å². The zero-order valence-corrected chi connectivity index (χ0v) is 15.6. The quantitative estimate of drug-likeness (QED) is 0.727. The molecule has 1 heterocycles. The number of anilines is 1. The van der Waals surface area contributed by atoms with Crippen LogP contribution in [0.1, 0.15) is 5.56 Å². The minimum absolute atomic E-state index is 0.0388. The molecule has 1 aromatic heterocycles. The third-order valence-electron chi connectivity index (χ3n) is 3.39. The Kier molecular flexibility index (Phi) is 4.30. The van der Waals surface area contributed by atoms with Gasteiger partial charge in [0.2, 0.25) is 14.2 Å². The summed E-state index contributed by atoms with van der Waals surface area (Å²) >= 11 is 0.951. The molecule has 0 aliphatic rings. The van der Waals surface area contributed by atoms with Crippen LogP contribution >= 0.6 is 11.3 Å². The molecular formula is C15H13FN2O4S3. The van der Waals surface area contributed by atoms with Crippen LogP contribution in [0.2, 0.25) is 0 Å². The highest BCUT2D eigenvalue weighted by Gasteiger charge is 2.18. The zero-order chi connectivity index (χ0) is 18.4. The van der Waals surface area contributed by atoms with E-state index in [-0.39, 0.29) is 14.9 Å². The first-order chi connectivity index (χ1) is 11.6. The summed E-state index contributed by atoms with van der Waals surface area (Å²) in [5.74, 6) is -0.612. The number of benzene rings is 2. The molecule has 3 aromatic rings. The van der Waals surface area contributed by atoms with Crippen molar-refractivity contribution in [2.45, 2.75) is 16.2 Å². The molecule has 0 atom stereocenters. The fourth-order valence-electron chi connectivity index (χ4n) is 2.08. The lowest BCUT2D eigenvalue weighted by Crippen LogP contribution is -2.13. The number of hydrogen-bond donors (Lipinski definition) is 1. The predicted molar refractivity (Wildman–Crippen MR) is 94.7 cm³/mol. The van der Waals surface area contributed by atoms with Crippen LogP contribution in [-0.2, 0) is 19.9 Å². The summed E-state index contributed by atoms with van der Waals surface area (Å²) in [7, 11) is -7.40. The van der Waals surface area contributed by atoms with Crippen LogP contribution < -0.4 is 4.72 Å². The number of rotatable bonds is 4. The van der Waals surface area contributed by atoms with Gasteiger partial charge in [0.05, 0.1) is 20.8 Å². The summed E-state index contributed by atoms with van der Waals surface area (Å²) < 4.78 is 64.3. The van der Waals surface area contributed by atoms with Gasteiger partial charge in [0.25, 0.3) is 10.0 Å². The number of aryl methyl sites for hydroxylation is 1.